The Bertz CT molecular complexity index is 1190. The first-order valence-electron chi connectivity index (χ1n) is 10.7. The maximum atomic E-state index is 13.1. The Morgan fingerprint density at radius 2 is 1.91 bits per heavy atom. The van der Waals surface area contributed by atoms with Crippen molar-refractivity contribution in [3.05, 3.63) is 100 Å². The van der Waals surface area contributed by atoms with Gasteiger partial charge in [-0.25, -0.2) is 0 Å². The van der Waals surface area contributed by atoms with Crippen LogP contribution in [0.25, 0.3) is 5.76 Å². The first-order chi connectivity index (χ1) is 16.0. The maximum absolute atomic E-state index is 13.1. The van der Waals surface area contributed by atoms with Crippen molar-refractivity contribution in [3.8, 4) is 5.75 Å². The Labute approximate surface area is 197 Å². The quantitative estimate of drug-likeness (QED) is 0.298. The van der Waals surface area contributed by atoms with E-state index >= 15 is 0 Å². The van der Waals surface area contributed by atoms with Crippen LogP contribution in [0.4, 0.5) is 0 Å². The number of likely N-dealkylation sites (tertiary alicyclic amines) is 1. The van der Waals surface area contributed by atoms with Crippen LogP contribution in [0.1, 0.15) is 36.1 Å². The molecule has 0 spiro atoms. The summed E-state index contributed by atoms with van der Waals surface area (Å²) in [5, 5.41) is 11.6. The molecular weight excluding hydrogens is 440 g/mol. The minimum Gasteiger partial charge on any atom is -0.507 e. The molecule has 2 heterocycles. The number of amides is 1. The number of carbonyl (C=O) groups excluding carboxylic acids is 2. The number of nitrogens with zero attached hydrogens (tertiary/aromatic N) is 2. The molecule has 1 unspecified atom stereocenters. The number of carbonyl (C=O) groups is 2. The van der Waals surface area contributed by atoms with Gasteiger partial charge >= 0.3 is 0 Å². The number of hydrogen-bond donors (Lipinski definition) is 1. The second-order valence-corrected chi connectivity index (χ2v) is 8.15. The lowest BCUT2D eigenvalue weighted by molar-refractivity contribution is -0.140. The van der Waals surface area contributed by atoms with Crippen molar-refractivity contribution in [2.45, 2.75) is 25.9 Å². The highest BCUT2D eigenvalue weighted by atomic mass is 35.5. The van der Waals surface area contributed by atoms with Crippen molar-refractivity contribution in [1.82, 2.24) is 9.88 Å². The second-order valence-electron chi connectivity index (χ2n) is 7.72. The number of aliphatic hydroxyl groups is 1. The molecule has 2 aromatic carbocycles. The summed E-state index contributed by atoms with van der Waals surface area (Å²) in [6.07, 6.45) is 4.14. The molecule has 1 fully saturated rings. The number of aliphatic hydroxyl groups excluding tert-OH is 1. The van der Waals surface area contributed by atoms with Crippen LogP contribution in [0.5, 0.6) is 5.75 Å². The third kappa shape index (κ3) is 4.76. The van der Waals surface area contributed by atoms with Crippen LogP contribution in [-0.4, -0.2) is 33.3 Å². The Morgan fingerprint density at radius 3 is 2.61 bits per heavy atom. The summed E-state index contributed by atoms with van der Waals surface area (Å²) in [5.74, 6) is -1.04. The number of halogens is 1. The van der Waals surface area contributed by atoms with Crippen LogP contribution in [-0.2, 0) is 16.1 Å². The molecule has 0 saturated carbocycles. The Kier molecular flexibility index (Phi) is 6.75. The van der Waals surface area contributed by atoms with E-state index in [0.717, 1.165) is 12.0 Å². The molecule has 1 atom stereocenters. The number of aromatic nitrogens is 1. The molecule has 6 nitrogen and oxygen atoms in total. The number of rotatable bonds is 7. The van der Waals surface area contributed by atoms with Gasteiger partial charge in [0.05, 0.1) is 18.2 Å². The molecule has 1 N–H and O–H groups in total. The fourth-order valence-corrected chi connectivity index (χ4v) is 3.96. The van der Waals surface area contributed by atoms with Crippen LogP contribution in [0.3, 0.4) is 0 Å². The zero-order valence-corrected chi connectivity index (χ0v) is 18.8. The summed E-state index contributed by atoms with van der Waals surface area (Å²) in [5.41, 5.74) is 1.87. The van der Waals surface area contributed by atoms with Crippen molar-refractivity contribution in [2.75, 3.05) is 6.61 Å². The van der Waals surface area contributed by atoms with Gasteiger partial charge in [-0.05, 0) is 60.0 Å². The van der Waals surface area contributed by atoms with Gasteiger partial charge in [0.1, 0.15) is 11.5 Å². The lowest BCUT2D eigenvalue weighted by Gasteiger charge is -2.25. The van der Waals surface area contributed by atoms with Crippen molar-refractivity contribution in [2.24, 2.45) is 0 Å². The summed E-state index contributed by atoms with van der Waals surface area (Å²) >= 11 is 5.98. The highest BCUT2D eigenvalue weighted by molar-refractivity contribution is 6.46. The SMILES string of the molecule is CCCOc1cccc(C2/C(=C(/O)c3ccc(Cl)cc3)C(=O)C(=O)N2Cc2cccnc2)c1. The molecule has 7 heteroatoms. The fraction of sp³-hybridized carbons (Fsp3) is 0.192. The van der Waals surface area contributed by atoms with E-state index in [0.29, 0.717) is 28.5 Å². The van der Waals surface area contributed by atoms with Gasteiger partial charge in [0.2, 0.25) is 0 Å². The topological polar surface area (TPSA) is 79.7 Å². The number of pyridine rings is 1. The van der Waals surface area contributed by atoms with E-state index in [1.807, 2.05) is 31.2 Å². The smallest absolute Gasteiger partial charge is 0.295 e. The molecule has 1 aromatic heterocycles. The summed E-state index contributed by atoms with van der Waals surface area (Å²) in [6, 6.07) is 16.6. The Morgan fingerprint density at radius 1 is 1.12 bits per heavy atom. The zero-order chi connectivity index (χ0) is 23.4. The fourth-order valence-electron chi connectivity index (χ4n) is 3.84. The van der Waals surface area contributed by atoms with E-state index in [9.17, 15) is 14.7 Å². The molecule has 1 aliphatic heterocycles. The van der Waals surface area contributed by atoms with E-state index in [-0.39, 0.29) is 17.9 Å². The summed E-state index contributed by atoms with van der Waals surface area (Å²) < 4.78 is 5.76. The average molecular weight is 463 g/mol. The van der Waals surface area contributed by atoms with Gasteiger partial charge in [0.15, 0.2) is 0 Å². The third-order valence-electron chi connectivity index (χ3n) is 5.38. The van der Waals surface area contributed by atoms with Gasteiger partial charge in [-0.1, -0.05) is 36.7 Å². The number of ether oxygens (including phenoxy) is 1. The lowest BCUT2D eigenvalue weighted by Crippen LogP contribution is -2.29. The van der Waals surface area contributed by atoms with Crippen molar-refractivity contribution >= 4 is 29.1 Å². The van der Waals surface area contributed by atoms with Crippen molar-refractivity contribution in [3.63, 3.8) is 0 Å². The van der Waals surface area contributed by atoms with Gasteiger partial charge in [-0.3, -0.25) is 14.6 Å². The lowest BCUT2D eigenvalue weighted by atomic mass is 9.95. The molecular formula is C26H23ClN2O4. The van der Waals surface area contributed by atoms with Gasteiger partial charge in [-0.15, -0.1) is 0 Å². The van der Waals surface area contributed by atoms with Crippen LogP contribution in [0.2, 0.25) is 5.02 Å². The molecule has 0 bridgehead atoms. The molecule has 3 aromatic rings. The van der Waals surface area contributed by atoms with Gasteiger partial charge in [0, 0.05) is 29.5 Å². The van der Waals surface area contributed by atoms with Gasteiger partial charge < -0.3 is 14.7 Å². The van der Waals surface area contributed by atoms with Crippen LogP contribution >= 0.6 is 11.6 Å². The predicted octanol–water partition coefficient (Wildman–Crippen LogP) is 5.15. The van der Waals surface area contributed by atoms with E-state index in [1.54, 1.807) is 48.8 Å². The molecule has 1 saturated heterocycles. The molecule has 0 radical (unpaired) electrons. The van der Waals surface area contributed by atoms with Crippen LogP contribution in [0, 0.1) is 0 Å². The number of Topliss-reactive ketones (excluding diaryl/α,β-unsaturated/α-hetero) is 1. The average Bonchev–Trinajstić information content (AvgIpc) is 3.08. The minimum absolute atomic E-state index is 0.0267. The summed E-state index contributed by atoms with van der Waals surface area (Å²) in [6.45, 7) is 2.73. The third-order valence-corrected chi connectivity index (χ3v) is 5.63. The van der Waals surface area contributed by atoms with Crippen molar-refractivity contribution in [1.29, 1.82) is 0 Å². The number of benzene rings is 2. The van der Waals surface area contributed by atoms with Gasteiger partial charge in [0.25, 0.3) is 11.7 Å². The highest BCUT2D eigenvalue weighted by Gasteiger charge is 2.46. The number of ketones is 1. The zero-order valence-electron chi connectivity index (χ0n) is 18.1. The monoisotopic (exact) mass is 462 g/mol. The standard InChI is InChI=1S/C26H23ClN2O4/c1-2-13-33-21-7-3-6-19(14-21)23-22(24(30)18-8-10-20(27)11-9-18)25(31)26(32)29(23)16-17-5-4-12-28-15-17/h3-12,14-15,23,30H,2,13,16H2,1H3/b24-22-. The molecule has 1 aliphatic rings. The second kappa shape index (κ2) is 9.88. The van der Waals surface area contributed by atoms with Gasteiger partial charge in [-0.2, -0.15) is 0 Å². The first kappa shape index (κ1) is 22.6. The van der Waals surface area contributed by atoms with Crippen LogP contribution < -0.4 is 4.74 Å². The van der Waals surface area contributed by atoms with E-state index in [1.165, 1.54) is 4.90 Å². The largest absolute Gasteiger partial charge is 0.507 e. The van der Waals surface area contributed by atoms with E-state index < -0.39 is 17.7 Å². The first-order valence-corrected chi connectivity index (χ1v) is 11.0. The molecule has 0 aliphatic carbocycles. The molecule has 168 valence electrons. The van der Waals surface area contributed by atoms with Crippen LogP contribution in [0.15, 0.2) is 78.6 Å². The predicted molar refractivity (Wildman–Crippen MR) is 126 cm³/mol. The Hall–Kier alpha value is -3.64. The highest BCUT2D eigenvalue weighted by Crippen LogP contribution is 2.41. The molecule has 1 amide bonds. The minimum atomic E-state index is -0.786. The molecule has 33 heavy (non-hydrogen) atoms. The maximum Gasteiger partial charge on any atom is 0.295 e. The Balaban J connectivity index is 1.84. The normalized spacial score (nSPS) is 17.4. The number of hydrogen-bond acceptors (Lipinski definition) is 5. The summed E-state index contributed by atoms with van der Waals surface area (Å²) in [7, 11) is 0. The van der Waals surface area contributed by atoms with Crippen molar-refractivity contribution < 1.29 is 19.4 Å². The van der Waals surface area contributed by atoms with E-state index in [4.69, 9.17) is 16.3 Å². The molecule has 4 rings (SSSR count). The van der Waals surface area contributed by atoms with E-state index in [2.05, 4.69) is 4.98 Å². The summed E-state index contributed by atoms with van der Waals surface area (Å²) in [4.78, 5) is 31.8.